The lowest BCUT2D eigenvalue weighted by Crippen LogP contribution is -2.53. The van der Waals surface area contributed by atoms with Crippen molar-refractivity contribution in [2.24, 2.45) is 4.99 Å². The summed E-state index contributed by atoms with van der Waals surface area (Å²) in [7, 11) is -1.51. The van der Waals surface area contributed by atoms with Gasteiger partial charge in [-0.05, 0) is 27.2 Å². The number of rotatable bonds is 10. The zero-order chi connectivity index (χ0) is 17.2. The molecule has 1 unspecified atom stereocenters. The molecular formula is C15H34N4O2S. The first kappa shape index (κ1) is 21.2. The first-order valence-corrected chi connectivity index (χ1v) is 9.95. The van der Waals surface area contributed by atoms with E-state index in [-0.39, 0.29) is 0 Å². The fraction of sp³-hybridized carbons (Fsp3) is 0.933. The van der Waals surface area contributed by atoms with E-state index >= 15 is 0 Å². The smallest absolute Gasteiger partial charge is 0.209 e. The fourth-order valence-corrected chi connectivity index (χ4v) is 3.30. The molecule has 0 saturated heterocycles. The maximum Gasteiger partial charge on any atom is 0.209 e. The Bertz CT molecular complexity index is 433. The number of hydrogen-bond donors (Lipinski definition) is 3. The molecule has 0 aliphatic heterocycles. The SMILES string of the molecule is CCCCCCC(C)NC(=NC)NCC(C)(C)NS(C)(=O)=O. The summed E-state index contributed by atoms with van der Waals surface area (Å²) >= 11 is 0. The largest absolute Gasteiger partial charge is 0.355 e. The number of unbranched alkanes of at least 4 members (excludes halogenated alkanes) is 3. The Kier molecular flexibility index (Phi) is 9.67. The van der Waals surface area contributed by atoms with Gasteiger partial charge in [-0.3, -0.25) is 4.99 Å². The normalized spacial score (nSPS) is 14.7. The quantitative estimate of drug-likeness (QED) is 0.323. The van der Waals surface area contributed by atoms with Gasteiger partial charge in [0.1, 0.15) is 0 Å². The highest BCUT2D eigenvalue weighted by atomic mass is 32.2. The van der Waals surface area contributed by atoms with Gasteiger partial charge in [0.15, 0.2) is 5.96 Å². The van der Waals surface area contributed by atoms with Crippen LogP contribution >= 0.6 is 0 Å². The highest BCUT2D eigenvalue weighted by Gasteiger charge is 2.22. The highest BCUT2D eigenvalue weighted by Crippen LogP contribution is 2.05. The number of nitrogens with zero attached hydrogens (tertiary/aromatic N) is 1. The average Bonchev–Trinajstić information content (AvgIpc) is 2.37. The number of guanidine groups is 1. The van der Waals surface area contributed by atoms with Crippen LogP contribution in [0.1, 0.15) is 59.8 Å². The molecule has 3 N–H and O–H groups in total. The van der Waals surface area contributed by atoms with Crippen LogP contribution in [0.3, 0.4) is 0 Å². The Hall–Kier alpha value is -0.820. The minimum absolute atomic E-state index is 0.342. The molecule has 1 atom stereocenters. The lowest BCUT2D eigenvalue weighted by Gasteiger charge is -2.27. The second-order valence-electron chi connectivity index (χ2n) is 6.58. The van der Waals surface area contributed by atoms with Crippen LogP contribution in [-0.2, 0) is 10.0 Å². The molecule has 0 aromatic heterocycles. The molecule has 0 aliphatic carbocycles. The topological polar surface area (TPSA) is 82.6 Å². The Morgan fingerprint density at radius 3 is 2.36 bits per heavy atom. The minimum Gasteiger partial charge on any atom is -0.355 e. The second-order valence-corrected chi connectivity index (χ2v) is 8.33. The Morgan fingerprint density at radius 2 is 1.86 bits per heavy atom. The van der Waals surface area contributed by atoms with E-state index in [4.69, 9.17) is 0 Å². The summed E-state index contributed by atoms with van der Waals surface area (Å²) in [5.41, 5.74) is -0.574. The molecule has 0 amide bonds. The second kappa shape index (κ2) is 10.0. The maximum atomic E-state index is 11.3. The molecule has 0 bridgehead atoms. The van der Waals surface area contributed by atoms with Crippen molar-refractivity contribution in [3.05, 3.63) is 0 Å². The van der Waals surface area contributed by atoms with Crippen molar-refractivity contribution in [3.63, 3.8) is 0 Å². The molecule has 22 heavy (non-hydrogen) atoms. The fourth-order valence-electron chi connectivity index (χ4n) is 2.22. The lowest BCUT2D eigenvalue weighted by molar-refractivity contribution is 0.443. The third-order valence-corrected chi connectivity index (χ3v) is 4.18. The molecule has 132 valence electrons. The van der Waals surface area contributed by atoms with Crippen LogP contribution in [0.15, 0.2) is 4.99 Å². The standard InChI is InChI=1S/C15H34N4O2S/c1-7-8-9-10-11-13(2)18-14(16-5)17-12-15(3,4)19-22(6,20)21/h13,19H,7-12H2,1-6H3,(H2,16,17,18). The van der Waals surface area contributed by atoms with Crippen LogP contribution in [0, 0.1) is 0 Å². The Labute approximate surface area is 136 Å². The summed E-state index contributed by atoms with van der Waals surface area (Å²) < 4.78 is 25.3. The van der Waals surface area contributed by atoms with E-state index in [0.29, 0.717) is 18.5 Å². The molecule has 0 saturated carbocycles. The molecule has 0 aliphatic rings. The van der Waals surface area contributed by atoms with Gasteiger partial charge in [-0.25, -0.2) is 13.1 Å². The van der Waals surface area contributed by atoms with Crippen LogP contribution in [0.4, 0.5) is 0 Å². The third kappa shape index (κ3) is 11.8. The molecule has 6 nitrogen and oxygen atoms in total. The van der Waals surface area contributed by atoms with Gasteiger partial charge in [0, 0.05) is 25.2 Å². The van der Waals surface area contributed by atoms with Gasteiger partial charge < -0.3 is 10.6 Å². The summed E-state index contributed by atoms with van der Waals surface area (Å²) in [6, 6.07) is 0.342. The van der Waals surface area contributed by atoms with E-state index < -0.39 is 15.6 Å². The van der Waals surface area contributed by atoms with Gasteiger partial charge in [0.2, 0.25) is 10.0 Å². The third-order valence-electron chi connectivity index (χ3n) is 3.26. The average molecular weight is 335 g/mol. The van der Waals surface area contributed by atoms with Gasteiger partial charge in [-0.2, -0.15) is 0 Å². The summed E-state index contributed by atoms with van der Waals surface area (Å²) in [6.45, 7) is 8.48. The van der Waals surface area contributed by atoms with Crippen molar-refractivity contribution < 1.29 is 8.42 Å². The van der Waals surface area contributed by atoms with E-state index in [1.807, 2.05) is 13.8 Å². The number of hydrogen-bond acceptors (Lipinski definition) is 3. The van der Waals surface area contributed by atoms with Crippen LogP contribution < -0.4 is 15.4 Å². The number of nitrogens with one attached hydrogen (secondary N) is 3. The van der Waals surface area contributed by atoms with Gasteiger partial charge >= 0.3 is 0 Å². The monoisotopic (exact) mass is 334 g/mol. The zero-order valence-corrected chi connectivity index (χ0v) is 15.8. The molecule has 0 aromatic rings. The van der Waals surface area contributed by atoms with E-state index in [0.717, 1.165) is 6.42 Å². The molecule has 0 rings (SSSR count). The van der Waals surface area contributed by atoms with Crippen molar-refractivity contribution in [2.45, 2.75) is 71.4 Å². The van der Waals surface area contributed by atoms with Crippen LogP contribution in [-0.4, -0.2) is 45.8 Å². The number of aliphatic imine (C=N–C) groups is 1. The van der Waals surface area contributed by atoms with Gasteiger partial charge in [-0.1, -0.05) is 32.6 Å². The predicted octanol–water partition coefficient (Wildman–Crippen LogP) is 1.84. The summed E-state index contributed by atoms with van der Waals surface area (Å²) in [5, 5.41) is 6.52. The summed E-state index contributed by atoms with van der Waals surface area (Å²) in [4.78, 5) is 4.19. The van der Waals surface area contributed by atoms with Crippen molar-refractivity contribution >= 4 is 16.0 Å². The maximum absolute atomic E-state index is 11.3. The molecule has 7 heteroatoms. The zero-order valence-electron chi connectivity index (χ0n) is 15.0. The lowest BCUT2D eigenvalue weighted by atomic mass is 10.1. The van der Waals surface area contributed by atoms with Crippen molar-refractivity contribution in [1.82, 2.24) is 15.4 Å². The minimum atomic E-state index is -3.23. The van der Waals surface area contributed by atoms with E-state index in [1.54, 1.807) is 7.05 Å². The molecule has 0 spiro atoms. The van der Waals surface area contributed by atoms with E-state index in [2.05, 4.69) is 34.2 Å². The molecular weight excluding hydrogens is 300 g/mol. The molecule has 0 aromatic carbocycles. The first-order valence-electron chi connectivity index (χ1n) is 8.06. The van der Waals surface area contributed by atoms with Crippen molar-refractivity contribution in [3.8, 4) is 0 Å². The Morgan fingerprint density at radius 1 is 1.23 bits per heavy atom. The first-order chi connectivity index (χ1) is 10.1. The van der Waals surface area contributed by atoms with E-state index in [9.17, 15) is 8.42 Å². The predicted molar refractivity (Wildman–Crippen MR) is 94.8 cm³/mol. The summed E-state index contributed by atoms with van der Waals surface area (Å²) in [6.07, 6.45) is 7.27. The van der Waals surface area contributed by atoms with Crippen LogP contribution in [0.5, 0.6) is 0 Å². The van der Waals surface area contributed by atoms with Crippen molar-refractivity contribution in [1.29, 1.82) is 0 Å². The Balaban J connectivity index is 4.22. The summed E-state index contributed by atoms with van der Waals surface area (Å²) in [5.74, 6) is 0.700. The van der Waals surface area contributed by atoms with Crippen LogP contribution in [0.25, 0.3) is 0 Å². The van der Waals surface area contributed by atoms with Crippen LogP contribution in [0.2, 0.25) is 0 Å². The van der Waals surface area contributed by atoms with Gasteiger partial charge in [0.25, 0.3) is 0 Å². The molecule has 0 heterocycles. The van der Waals surface area contributed by atoms with Gasteiger partial charge in [0.05, 0.1) is 6.26 Å². The highest BCUT2D eigenvalue weighted by molar-refractivity contribution is 7.88. The number of sulfonamides is 1. The van der Waals surface area contributed by atoms with E-state index in [1.165, 1.54) is 31.9 Å². The van der Waals surface area contributed by atoms with Gasteiger partial charge in [-0.15, -0.1) is 0 Å². The molecule has 0 fully saturated rings. The van der Waals surface area contributed by atoms with Crippen molar-refractivity contribution in [2.75, 3.05) is 19.8 Å². The molecule has 0 radical (unpaired) electrons.